The van der Waals surface area contributed by atoms with E-state index in [1.54, 1.807) is 6.33 Å². The van der Waals surface area contributed by atoms with Crippen LogP contribution in [0.3, 0.4) is 0 Å². The summed E-state index contributed by atoms with van der Waals surface area (Å²) in [6, 6.07) is 0. The van der Waals surface area contributed by atoms with Gasteiger partial charge in [0.1, 0.15) is 17.4 Å². The molecule has 0 radical (unpaired) electrons. The number of aromatic nitrogens is 4. The SMILES string of the molecule is CCn1nc(C)c2ncnc(N3CCOCC3)c21. The van der Waals surface area contributed by atoms with Crippen molar-refractivity contribution < 1.29 is 4.74 Å². The first-order valence-corrected chi connectivity index (χ1v) is 6.32. The molecule has 1 fully saturated rings. The van der Waals surface area contributed by atoms with Crippen molar-refractivity contribution in [1.29, 1.82) is 0 Å². The van der Waals surface area contributed by atoms with Gasteiger partial charge in [-0.05, 0) is 13.8 Å². The quantitative estimate of drug-likeness (QED) is 0.792. The normalized spacial score (nSPS) is 16.4. The van der Waals surface area contributed by atoms with E-state index in [-0.39, 0.29) is 0 Å². The molecule has 3 heterocycles. The Labute approximate surface area is 106 Å². The molecule has 0 spiro atoms. The Balaban J connectivity index is 2.15. The number of ether oxygens (including phenoxy) is 1. The summed E-state index contributed by atoms with van der Waals surface area (Å²) in [5.74, 6) is 0.978. The second-order valence-electron chi connectivity index (χ2n) is 4.40. The average molecular weight is 247 g/mol. The molecule has 0 bridgehead atoms. The molecule has 3 rings (SSSR count). The monoisotopic (exact) mass is 247 g/mol. The van der Waals surface area contributed by atoms with Gasteiger partial charge in [0.15, 0.2) is 5.82 Å². The zero-order chi connectivity index (χ0) is 12.5. The van der Waals surface area contributed by atoms with Gasteiger partial charge in [0.05, 0.1) is 18.9 Å². The van der Waals surface area contributed by atoms with Gasteiger partial charge in [-0.15, -0.1) is 0 Å². The number of nitrogens with zero attached hydrogens (tertiary/aromatic N) is 5. The summed E-state index contributed by atoms with van der Waals surface area (Å²) in [5, 5.41) is 4.52. The lowest BCUT2D eigenvalue weighted by Gasteiger charge is -2.28. The maximum Gasteiger partial charge on any atom is 0.158 e. The van der Waals surface area contributed by atoms with Crippen LogP contribution >= 0.6 is 0 Å². The molecule has 96 valence electrons. The van der Waals surface area contributed by atoms with Crippen LogP contribution in [-0.2, 0) is 11.3 Å². The van der Waals surface area contributed by atoms with Gasteiger partial charge in [-0.25, -0.2) is 9.97 Å². The summed E-state index contributed by atoms with van der Waals surface area (Å²) in [4.78, 5) is 11.1. The Morgan fingerprint density at radius 3 is 2.78 bits per heavy atom. The number of anilines is 1. The lowest BCUT2D eigenvalue weighted by molar-refractivity contribution is 0.122. The summed E-state index contributed by atoms with van der Waals surface area (Å²) >= 11 is 0. The molecule has 1 aliphatic rings. The Hall–Kier alpha value is -1.69. The number of hydrogen-bond acceptors (Lipinski definition) is 5. The summed E-state index contributed by atoms with van der Waals surface area (Å²) in [6.07, 6.45) is 1.63. The van der Waals surface area contributed by atoms with Crippen molar-refractivity contribution in [3.8, 4) is 0 Å². The van der Waals surface area contributed by atoms with Gasteiger partial charge in [0.2, 0.25) is 0 Å². The van der Waals surface area contributed by atoms with Crippen molar-refractivity contribution in [2.45, 2.75) is 20.4 Å². The largest absolute Gasteiger partial charge is 0.378 e. The first-order valence-electron chi connectivity index (χ1n) is 6.32. The predicted octanol–water partition coefficient (Wildman–Crippen LogP) is 0.991. The van der Waals surface area contributed by atoms with E-state index in [4.69, 9.17) is 4.74 Å². The number of morpholine rings is 1. The van der Waals surface area contributed by atoms with Crippen molar-refractivity contribution in [1.82, 2.24) is 19.7 Å². The first-order chi connectivity index (χ1) is 8.81. The van der Waals surface area contributed by atoms with Crippen molar-refractivity contribution in [2.24, 2.45) is 0 Å². The van der Waals surface area contributed by atoms with Crippen LogP contribution in [-0.4, -0.2) is 46.1 Å². The van der Waals surface area contributed by atoms with Crippen molar-refractivity contribution >= 4 is 16.9 Å². The van der Waals surface area contributed by atoms with Crippen molar-refractivity contribution in [2.75, 3.05) is 31.2 Å². The molecule has 2 aromatic heterocycles. The molecule has 0 saturated carbocycles. The molecule has 1 saturated heterocycles. The van der Waals surface area contributed by atoms with Gasteiger partial charge < -0.3 is 9.64 Å². The first kappa shape index (κ1) is 11.4. The van der Waals surface area contributed by atoms with Crippen LogP contribution < -0.4 is 4.90 Å². The minimum absolute atomic E-state index is 0.755. The highest BCUT2D eigenvalue weighted by Crippen LogP contribution is 2.25. The second-order valence-corrected chi connectivity index (χ2v) is 4.40. The fourth-order valence-electron chi connectivity index (χ4n) is 2.39. The topological polar surface area (TPSA) is 56.1 Å². The molecule has 6 heteroatoms. The van der Waals surface area contributed by atoms with Gasteiger partial charge in [0, 0.05) is 19.6 Å². The van der Waals surface area contributed by atoms with Crippen LogP contribution in [0.4, 0.5) is 5.82 Å². The maximum atomic E-state index is 5.39. The van der Waals surface area contributed by atoms with Crippen LogP contribution in [0, 0.1) is 6.92 Å². The standard InChI is InChI=1S/C12H17N5O/c1-3-17-11-10(9(2)15-17)13-8-14-12(11)16-4-6-18-7-5-16/h8H,3-7H2,1-2H3. The zero-order valence-electron chi connectivity index (χ0n) is 10.8. The summed E-state index contributed by atoms with van der Waals surface area (Å²) in [7, 11) is 0. The minimum Gasteiger partial charge on any atom is -0.378 e. The Bertz CT molecular complexity index is 559. The fraction of sp³-hybridized carbons (Fsp3) is 0.583. The summed E-state index contributed by atoms with van der Waals surface area (Å²) in [5.41, 5.74) is 2.96. The predicted molar refractivity (Wildman–Crippen MR) is 68.8 cm³/mol. The fourth-order valence-corrected chi connectivity index (χ4v) is 2.39. The highest BCUT2D eigenvalue weighted by Gasteiger charge is 2.19. The third kappa shape index (κ3) is 1.73. The second kappa shape index (κ2) is 4.53. The van der Waals surface area contributed by atoms with E-state index in [1.807, 2.05) is 11.6 Å². The number of hydrogen-bond donors (Lipinski definition) is 0. The van der Waals surface area contributed by atoms with Gasteiger partial charge in [0.25, 0.3) is 0 Å². The molecule has 0 atom stereocenters. The van der Waals surface area contributed by atoms with Crippen molar-refractivity contribution in [3.63, 3.8) is 0 Å². The smallest absolute Gasteiger partial charge is 0.158 e. The zero-order valence-corrected chi connectivity index (χ0v) is 10.8. The number of fused-ring (bicyclic) bond motifs is 1. The number of rotatable bonds is 2. The Kier molecular flexibility index (Phi) is 2.87. The lowest BCUT2D eigenvalue weighted by atomic mass is 10.3. The molecule has 0 unspecified atom stereocenters. The molecule has 0 aromatic carbocycles. The van der Waals surface area contributed by atoms with E-state index < -0.39 is 0 Å². The molecular weight excluding hydrogens is 230 g/mol. The summed E-state index contributed by atoms with van der Waals surface area (Å²) < 4.78 is 7.37. The van der Waals surface area contributed by atoms with E-state index in [0.717, 1.165) is 55.4 Å². The van der Waals surface area contributed by atoms with E-state index >= 15 is 0 Å². The number of aryl methyl sites for hydroxylation is 2. The third-order valence-electron chi connectivity index (χ3n) is 3.28. The molecule has 0 N–H and O–H groups in total. The van der Waals surface area contributed by atoms with Crippen molar-refractivity contribution in [3.05, 3.63) is 12.0 Å². The van der Waals surface area contributed by atoms with Gasteiger partial charge >= 0.3 is 0 Å². The van der Waals surface area contributed by atoms with Gasteiger partial charge in [-0.2, -0.15) is 5.10 Å². The van der Waals surface area contributed by atoms with Crippen LogP contribution in [0.2, 0.25) is 0 Å². The molecular formula is C12H17N5O. The summed E-state index contributed by atoms with van der Waals surface area (Å²) in [6.45, 7) is 8.16. The van der Waals surface area contributed by atoms with Crippen LogP contribution in [0.5, 0.6) is 0 Å². The van der Waals surface area contributed by atoms with E-state index in [9.17, 15) is 0 Å². The molecule has 2 aromatic rings. The van der Waals surface area contributed by atoms with Crippen LogP contribution in [0.1, 0.15) is 12.6 Å². The van der Waals surface area contributed by atoms with Gasteiger partial charge in [-0.3, -0.25) is 4.68 Å². The molecule has 6 nitrogen and oxygen atoms in total. The third-order valence-corrected chi connectivity index (χ3v) is 3.28. The average Bonchev–Trinajstić information content (AvgIpc) is 2.77. The van der Waals surface area contributed by atoms with E-state index in [1.165, 1.54) is 0 Å². The van der Waals surface area contributed by atoms with Gasteiger partial charge in [-0.1, -0.05) is 0 Å². The molecule has 0 amide bonds. The molecule has 1 aliphatic heterocycles. The van der Waals surface area contributed by atoms with Crippen LogP contribution in [0.25, 0.3) is 11.0 Å². The molecule has 0 aliphatic carbocycles. The Morgan fingerprint density at radius 1 is 1.28 bits per heavy atom. The molecule has 18 heavy (non-hydrogen) atoms. The van der Waals surface area contributed by atoms with E-state index in [0.29, 0.717) is 0 Å². The van der Waals surface area contributed by atoms with Crippen LogP contribution in [0.15, 0.2) is 6.33 Å². The highest BCUT2D eigenvalue weighted by atomic mass is 16.5. The Morgan fingerprint density at radius 2 is 2.06 bits per heavy atom. The minimum atomic E-state index is 0.755. The lowest BCUT2D eigenvalue weighted by Crippen LogP contribution is -2.37. The maximum absolute atomic E-state index is 5.39. The van der Waals surface area contributed by atoms with E-state index in [2.05, 4.69) is 26.9 Å². The highest BCUT2D eigenvalue weighted by molar-refractivity contribution is 5.87.